The van der Waals surface area contributed by atoms with Crippen LogP contribution in [0.3, 0.4) is 0 Å². The predicted octanol–water partition coefficient (Wildman–Crippen LogP) is 5.46. The van der Waals surface area contributed by atoms with Crippen LogP contribution in [0.1, 0.15) is 28.2 Å². The Kier molecular flexibility index (Phi) is 5.23. The fourth-order valence-electron chi connectivity index (χ4n) is 6.99. The molecule has 10 nitrogen and oxygen atoms in total. The molecule has 0 unspecified atom stereocenters. The van der Waals surface area contributed by atoms with E-state index in [0.717, 1.165) is 27.2 Å². The molecule has 0 spiro atoms. The Balaban J connectivity index is 1.51. The number of para-hydroxylation sites is 4. The van der Waals surface area contributed by atoms with E-state index >= 15 is 0 Å². The van der Waals surface area contributed by atoms with Gasteiger partial charge in [0.05, 0.1) is 27.1 Å². The van der Waals surface area contributed by atoms with Gasteiger partial charge in [-0.1, -0.05) is 72.8 Å². The largest absolute Gasteiger partial charge is 0.294 e. The molecular formula is C31H20N4O6. The number of amides is 2. The number of nitro groups is 2. The lowest BCUT2D eigenvalue weighted by molar-refractivity contribution is -0.384. The van der Waals surface area contributed by atoms with Crippen molar-refractivity contribution in [3.05, 3.63) is 140 Å². The first-order valence-corrected chi connectivity index (χ1v) is 12.9. The molecule has 1 heterocycles. The number of aliphatic imine (C=N–C) groups is 1. The van der Waals surface area contributed by atoms with E-state index in [2.05, 4.69) is 4.99 Å². The summed E-state index contributed by atoms with van der Waals surface area (Å²) >= 11 is 0. The van der Waals surface area contributed by atoms with E-state index in [9.17, 15) is 29.8 Å². The summed E-state index contributed by atoms with van der Waals surface area (Å²) in [5, 5.41) is 23.7. The molecule has 1 fully saturated rings. The second kappa shape index (κ2) is 8.75. The summed E-state index contributed by atoms with van der Waals surface area (Å²) in [4.78, 5) is 56.8. The molecule has 1 aliphatic heterocycles. The summed E-state index contributed by atoms with van der Waals surface area (Å²) in [6.45, 7) is 0. The number of benzene rings is 4. The Morgan fingerprint density at radius 2 is 1.24 bits per heavy atom. The van der Waals surface area contributed by atoms with Crippen LogP contribution in [-0.2, 0) is 15.0 Å². The lowest BCUT2D eigenvalue weighted by atomic mass is 9.47. The molecule has 4 aromatic rings. The van der Waals surface area contributed by atoms with Crippen molar-refractivity contribution in [1.82, 2.24) is 0 Å². The fraction of sp³-hybridized carbons (Fsp3) is 0.129. The van der Waals surface area contributed by atoms with Crippen molar-refractivity contribution in [3.8, 4) is 0 Å². The second-order valence-corrected chi connectivity index (χ2v) is 10.3. The van der Waals surface area contributed by atoms with Gasteiger partial charge in [-0.25, -0.2) is 4.90 Å². The highest BCUT2D eigenvalue weighted by atomic mass is 16.6. The van der Waals surface area contributed by atoms with Gasteiger partial charge in [0.25, 0.3) is 11.4 Å². The van der Waals surface area contributed by atoms with Crippen molar-refractivity contribution >= 4 is 40.8 Å². The van der Waals surface area contributed by atoms with Crippen molar-refractivity contribution in [2.24, 2.45) is 16.8 Å². The van der Waals surface area contributed by atoms with Crippen LogP contribution in [0.4, 0.5) is 22.7 Å². The Morgan fingerprint density at radius 3 is 1.88 bits per heavy atom. The first-order chi connectivity index (χ1) is 19.9. The summed E-state index contributed by atoms with van der Waals surface area (Å²) in [6, 6.07) is 26.8. The van der Waals surface area contributed by atoms with Gasteiger partial charge in [-0.2, -0.15) is 0 Å². The number of hydrogen-bond acceptors (Lipinski definition) is 7. The third-order valence-corrected chi connectivity index (χ3v) is 8.49. The molecule has 41 heavy (non-hydrogen) atoms. The highest BCUT2D eigenvalue weighted by Crippen LogP contribution is 2.64. The average molecular weight is 545 g/mol. The molecule has 1 saturated heterocycles. The lowest BCUT2D eigenvalue weighted by Gasteiger charge is -2.52. The summed E-state index contributed by atoms with van der Waals surface area (Å²) < 4.78 is 0. The molecule has 4 aromatic carbocycles. The van der Waals surface area contributed by atoms with Gasteiger partial charge in [0, 0.05) is 24.3 Å². The van der Waals surface area contributed by atoms with Crippen LogP contribution in [0.2, 0.25) is 0 Å². The molecule has 3 aliphatic carbocycles. The summed E-state index contributed by atoms with van der Waals surface area (Å²) in [5.74, 6) is -3.39. The van der Waals surface area contributed by atoms with Crippen molar-refractivity contribution < 1.29 is 19.4 Å². The zero-order chi connectivity index (χ0) is 28.5. The van der Waals surface area contributed by atoms with Gasteiger partial charge < -0.3 is 0 Å². The van der Waals surface area contributed by atoms with Crippen molar-refractivity contribution in [2.75, 3.05) is 4.90 Å². The maximum atomic E-state index is 14.4. The van der Waals surface area contributed by atoms with E-state index in [-0.39, 0.29) is 22.7 Å². The lowest BCUT2D eigenvalue weighted by Crippen LogP contribution is -2.54. The van der Waals surface area contributed by atoms with Crippen LogP contribution in [0.5, 0.6) is 0 Å². The quantitative estimate of drug-likeness (QED) is 0.142. The molecule has 0 N–H and O–H groups in total. The third-order valence-electron chi connectivity index (χ3n) is 8.49. The standard InChI is InChI=1S/C31H20N4O6/c36-29-27-26-18-9-1-3-11-20(18)31(21-12-4-2-10-19(21)26,17-32-22-13-5-6-14-23(22)34(38)39)28(27)30(37)33(29)24-15-7-8-16-25(24)35(40)41/h1-17,26-28H/t26?,27-,28-,31?/m0/s1. The maximum absolute atomic E-state index is 14.4. The van der Waals surface area contributed by atoms with Gasteiger partial charge in [-0.05, 0) is 34.4 Å². The number of carbonyl (C=O) groups is 2. The minimum Gasteiger partial charge on any atom is -0.274 e. The van der Waals surface area contributed by atoms with Crippen LogP contribution < -0.4 is 4.90 Å². The van der Waals surface area contributed by atoms with Gasteiger partial charge in [0.2, 0.25) is 11.8 Å². The van der Waals surface area contributed by atoms with E-state index < -0.39 is 44.8 Å². The molecule has 10 heteroatoms. The first-order valence-electron chi connectivity index (χ1n) is 12.9. The number of nitrogens with zero attached hydrogens (tertiary/aromatic N) is 4. The summed E-state index contributed by atoms with van der Waals surface area (Å²) in [6.07, 6.45) is 1.56. The molecule has 4 aliphatic rings. The Morgan fingerprint density at radius 1 is 0.707 bits per heavy atom. The maximum Gasteiger partial charge on any atom is 0.294 e. The van der Waals surface area contributed by atoms with Crippen LogP contribution in [-0.4, -0.2) is 27.9 Å². The van der Waals surface area contributed by atoms with E-state index in [1.54, 1.807) is 24.4 Å². The fourth-order valence-corrected chi connectivity index (χ4v) is 6.99. The van der Waals surface area contributed by atoms with Crippen molar-refractivity contribution in [3.63, 3.8) is 0 Å². The van der Waals surface area contributed by atoms with E-state index in [1.807, 2.05) is 48.5 Å². The minimum absolute atomic E-state index is 0.0831. The number of imide groups is 1. The molecule has 0 aromatic heterocycles. The number of rotatable bonds is 5. The third kappa shape index (κ3) is 3.21. The Bertz CT molecular complexity index is 1800. The number of anilines is 1. The molecule has 200 valence electrons. The number of nitro benzene ring substituents is 2. The van der Waals surface area contributed by atoms with Crippen LogP contribution in [0.25, 0.3) is 0 Å². The van der Waals surface area contributed by atoms with Gasteiger partial charge in [0.1, 0.15) is 11.4 Å². The zero-order valence-electron chi connectivity index (χ0n) is 21.3. The predicted molar refractivity (Wildman–Crippen MR) is 149 cm³/mol. The molecule has 0 radical (unpaired) electrons. The summed E-state index contributed by atoms with van der Waals surface area (Å²) in [5.41, 5.74) is 1.48. The Hall–Kier alpha value is -5.51. The smallest absolute Gasteiger partial charge is 0.274 e. The van der Waals surface area contributed by atoms with Gasteiger partial charge in [-0.15, -0.1) is 0 Å². The number of carbonyl (C=O) groups excluding carboxylic acids is 2. The molecule has 2 bridgehead atoms. The number of hydrogen-bond donors (Lipinski definition) is 0. The van der Waals surface area contributed by atoms with E-state index in [0.29, 0.717) is 0 Å². The average Bonchev–Trinajstić information content (AvgIpc) is 3.26. The minimum atomic E-state index is -1.26. The van der Waals surface area contributed by atoms with Crippen LogP contribution in [0.15, 0.2) is 102 Å². The topological polar surface area (TPSA) is 136 Å². The summed E-state index contributed by atoms with van der Waals surface area (Å²) in [7, 11) is 0. The Labute approximate surface area is 232 Å². The van der Waals surface area contributed by atoms with Gasteiger partial charge >= 0.3 is 0 Å². The molecule has 2 atom stereocenters. The molecule has 0 saturated carbocycles. The SMILES string of the molecule is O=C1[C@@H]2[C@@H](C(=O)N1c1ccccc1[N+](=O)[O-])C1c3ccccc3C2(C=Nc2ccccc2[N+](=O)[O-])c2ccccc21. The van der Waals surface area contributed by atoms with Crippen LogP contribution in [0, 0.1) is 32.1 Å². The van der Waals surface area contributed by atoms with E-state index in [1.165, 1.54) is 30.3 Å². The molecule has 2 amide bonds. The molecular weight excluding hydrogens is 524 g/mol. The van der Waals surface area contributed by atoms with Crippen molar-refractivity contribution in [2.45, 2.75) is 11.3 Å². The highest BCUT2D eigenvalue weighted by Gasteiger charge is 2.68. The highest BCUT2D eigenvalue weighted by molar-refractivity contribution is 6.25. The van der Waals surface area contributed by atoms with Gasteiger partial charge in [-0.3, -0.25) is 34.8 Å². The molecule has 8 rings (SSSR count). The second-order valence-electron chi connectivity index (χ2n) is 10.3. The van der Waals surface area contributed by atoms with Crippen molar-refractivity contribution in [1.29, 1.82) is 0 Å². The van der Waals surface area contributed by atoms with Gasteiger partial charge in [0.15, 0.2) is 0 Å². The first kappa shape index (κ1) is 24.5. The zero-order valence-corrected chi connectivity index (χ0v) is 21.3. The monoisotopic (exact) mass is 544 g/mol. The normalized spacial score (nSPS) is 23.8. The van der Waals surface area contributed by atoms with Crippen LogP contribution >= 0.6 is 0 Å². The van der Waals surface area contributed by atoms with E-state index in [4.69, 9.17) is 0 Å².